The number of rotatable bonds is 5. The van der Waals surface area contributed by atoms with Crippen LogP contribution in [0.3, 0.4) is 0 Å². The molecule has 1 N–H and O–H groups in total. The lowest BCUT2D eigenvalue weighted by atomic mass is 9.83. The standard InChI is InChI=1S/C21H20ClF7N4O2/c22-14-6-12(18(35)30-8-16(34)32-9-20(25,26)10-32)7-15-31-17(21(27,28)29)13(33(14)15)5-11-1-3-19(23,24)4-2-11/h6-7,11H,1-5,8-10H2,(H,30,35). The molecule has 1 aliphatic carbocycles. The molecule has 35 heavy (non-hydrogen) atoms. The number of fused-ring (bicyclic) bond motifs is 1. The van der Waals surface area contributed by atoms with Crippen molar-refractivity contribution in [3.05, 3.63) is 34.2 Å². The summed E-state index contributed by atoms with van der Waals surface area (Å²) < 4.78 is 94.9. The third kappa shape index (κ3) is 5.49. The topological polar surface area (TPSA) is 66.7 Å². The largest absolute Gasteiger partial charge is 0.435 e. The molecule has 1 saturated heterocycles. The van der Waals surface area contributed by atoms with Gasteiger partial charge in [-0.2, -0.15) is 13.2 Å². The first-order valence-corrected chi connectivity index (χ1v) is 11.1. The van der Waals surface area contributed by atoms with Gasteiger partial charge in [-0.05, 0) is 37.3 Å². The van der Waals surface area contributed by atoms with Gasteiger partial charge in [0.15, 0.2) is 5.69 Å². The molecular weight excluding hydrogens is 509 g/mol. The minimum Gasteiger partial charge on any atom is -0.343 e. The Morgan fingerprint density at radius 1 is 1.09 bits per heavy atom. The van der Waals surface area contributed by atoms with E-state index >= 15 is 0 Å². The minimum absolute atomic E-state index is 0.0482. The molecule has 3 heterocycles. The summed E-state index contributed by atoms with van der Waals surface area (Å²) in [4.78, 5) is 28.8. The summed E-state index contributed by atoms with van der Waals surface area (Å²) in [5.41, 5.74) is -1.97. The van der Waals surface area contributed by atoms with E-state index in [4.69, 9.17) is 11.6 Å². The summed E-state index contributed by atoms with van der Waals surface area (Å²) in [6, 6.07) is 2.14. The minimum atomic E-state index is -4.85. The number of imidazole rings is 1. The van der Waals surface area contributed by atoms with Gasteiger partial charge in [0.1, 0.15) is 10.8 Å². The van der Waals surface area contributed by atoms with E-state index in [9.17, 15) is 40.3 Å². The first-order valence-electron chi connectivity index (χ1n) is 10.7. The maximum atomic E-state index is 13.7. The van der Waals surface area contributed by atoms with Crippen LogP contribution in [0.25, 0.3) is 5.65 Å². The van der Waals surface area contributed by atoms with Gasteiger partial charge in [-0.15, -0.1) is 0 Å². The Bertz CT molecular complexity index is 1150. The van der Waals surface area contributed by atoms with Gasteiger partial charge in [-0.1, -0.05) is 11.6 Å². The van der Waals surface area contributed by atoms with Crippen LogP contribution in [0.5, 0.6) is 0 Å². The van der Waals surface area contributed by atoms with E-state index in [1.165, 1.54) is 0 Å². The maximum absolute atomic E-state index is 13.7. The van der Waals surface area contributed by atoms with Gasteiger partial charge in [-0.3, -0.25) is 14.0 Å². The predicted octanol–water partition coefficient (Wildman–Crippen LogP) is 4.58. The number of alkyl halides is 7. The van der Waals surface area contributed by atoms with E-state index in [-0.39, 0.29) is 41.3 Å². The summed E-state index contributed by atoms with van der Waals surface area (Å²) in [7, 11) is 0. The van der Waals surface area contributed by atoms with Crippen LogP contribution >= 0.6 is 11.6 Å². The van der Waals surface area contributed by atoms with Crippen LogP contribution in [0.4, 0.5) is 30.7 Å². The average Bonchev–Trinajstić information content (AvgIpc) is 3.10. The van der Waals surface area contributed by atoms with Gasteiger partial charge in [0.2, 0.25) is 11.8 Å². The summed E-state index contributed by atoms with van der Waals surface area (Å²) >= 11 is 6.21. The molecule has 2 aromatic heterocycles. The number of hydrogen-bond acceptors (Lipinski definition) is 3. The molecule has 6 nitrogen and oxygen atoms in total. The lowest BCUT2D eigenvalue weighted by molar-refractivity contribution is -0.164. The second-order valence-corrected chi connectivity index (χ2v) is 9.34. The summed E-state index contributed by atoms with van der Waals surface area (Å²) in [5.74, 6) is -7.82. The molecule has 2 aromatic rings. The van der Waals surface area contributed by atoms with Crippen molar-refractivity contribution in [2.45, 2.75) is 50.1 Å². The highest BCUT2D eigenvalue weighted by Gasteiger charge is 2.46. The van der Waals surface area contributed by atoms with Crippen molar-refractivity contribution in [1.29, 1.82) is 0 Å². The zero-order valence-corrected chi connectivity index (χ0v) is 18.8. The second kappa shape index (κ2) is 8.82. The van der Waals surface area contributed by atoms with Crippen LogP contribution in [0.15, 0.2) is 12.1 Å². The SMILES string of the molecule is O=C(NCC(=O)N1CC(F)(F)C1)c1cc(Cl)n2c(CC3CCC(F)(F)CC3)c(C(F)(F)F)nc2c1. The first kappa shape index (κ1) is 25.5. The van der Waals surface area contributed by atoms with Crippen LogP contribution in [-0.4, -0.2) is 57.6 Å². The number of likely N-dealkylation sites (tertiary alicyclic amines) is 1. The molecule has 0 aromatic carbocycles. The van der Waals surface area contributed by atoms with Crippen molar-refractivity contribution in [2.24, 2.45) is 5.92 Å². The lowest BCUT2D eigenvalue weighted by Crippen LogP contribution is -2.60. The number of nitrogens with zero attached hydrogens (tertiary/aromatic N) is 3. The average molecular weight is 529 g/mol. The maximum Gasteiger partial charge on any atom is 0.435 e. The number of hydrogen-bond donors (Lipinski definition) is 1. The molecule has 0 atom stereocenters. The van der Waals surface area contributed by atoms with Crippen molar-refractivity contribution in [3.8, 4) is 0 Å². The van der Waals surface area contributed by atoms with Crippen molar-refractivity contribution in [3.63, 3.8) is 0 Å². The van der Waals surface area contributed by atoms with E-state index in [0.717, 1.165) is 21.4 Å². The summed E-state index contributed by atoms with van der Waals surface area (Å²) in [6.45, 7) is -2.10. The highest BCUT2D eigenvalue weighted by Crippen LogP contribution is 2.40. The monoisotopic (exact) mass is 528 g/mol. The third-order valence-electron chi connectivity index (χ3n) is 6.22. The molecule has 14 heteroatoms. The number of halogens is 8. The fourth-order valence-corrected chi connectivity index (χ4v) is 4.67. The number of aromatic nitrogens is 2. The molecule has 1 saturated carbocycles. The quantitative estimate of drug-likeness (QED) is 0.456. The predicted molar refractivity (Wildman–Crippen MR) is 110 cm³/mol. The van der Waals surface area contributed by atoms with E-state index in [2.05, 4.69) is 10.3 Å². The van der Waals surface area contributed by atoms with Crippen LogP contribution in [0.2, 0.25) is 5.15 Å². The molecule has 4 rings (SSSR count). The number of pyridine rings is 1. The Morgan fingerprint density at radius 3 is 2.29 bits per heavy atom. The number of carbonyl (C=O) groups is 2. The molecule has 0 bridgehead atoms. The molecular formula is C21H20ClF7N4O2. The molecule has 2 fully saturated rings. The molecule has 0 spiro atoms. The summed E-state index contributed by atoms with van der Waals surface area (Å²) in [6.07, 6.45) is -5.76. The van der Waals surface area contributed by atoms with Crippen LogP contribution in [0, 0.1) is 5.92 Å². The second-order valence-electron chi connectivity index (χ2n) is 8.96. The van der Waals surface area contributed by atoms with Crippen LogP contribution in [-0.2, 0) is 17.4 Å². The Kier molecular flexibility index (Phi) is 6.43. The smallest absolute Gasteiger partial charge is 0.343 e. The van der Waals surface area contributed by atoms with Gasteiger partial charge in [-0.25, -0.2) is 22.5 Å². The lowest BCUT2D eigenvalue weighted by Gasteiger charge is -2.38. The van der Waals surface area contributed by atoms with Crippen molar-refractivity contribution in [2.75, 3.05) is 19.6 Å². The van der Waals surface area contributed by atoms with Gasteiger partial charge in [0.05, 0.1) is 25.3 Å². The van der Waals surface area contributed by atoms with Gasteiger partial charge < -0.3 is 10.2 Å². The van der Waals surface area contributed by atoms with Crippen molar-refractivity contribution >= 4 is 29.1 Å². The molecule has 0 radical (unpaired) electrons. The Labute approximate surface area is 199 Å². The van der Waals surface area contributed by atoms with E-state index in [1.807, 2.05) is 0 Å². The zero-order chi connectivity index (χ0) is 25.8. The number of amides is 2. The van der Waals surface area contributed by atoms with Crippen LogP contribution < -0.4 is 5.32 Å². The van der Waals surface area contributed by atoms with E-state index in [1.54, 1.807) is 0 Å². The Balaban J connectivity index is 1.55. The van der Waals surface area contributed by atoms with Crippen molar-refractivity contribution in [1.82, 2.24) is 19.6 Å². The highest BCUT2D eigenvalue weighted by molar-refractivity contribution is 6.30. The Hall–Kier alpha value is -2.57. The fourth-order valence-electron chi connectivity index (χ4n) is 4.36. The zero-order valence-electron chi connectivity index (χ0n) is 18.1. The Morgan fingerprint density at radius 2 is 1.71 bits per heavy atom. The summed E-state index contributed by atoms with van der Waals surface area (Å²) in [5, 5.41) is 1.96. The van der Waals surface area contributed by atoms with Crippen LogP contribution in [0.1, 0.15) is 47.4 Å². The molecule has 1 aliphatic heterocycles. The number of carbonyl (C=O) groups excluding carboxylic acids is 2. The van der Waals surface area contributed by atoms with E-state index < -0.39 is 73.9 Å². The molecule has 2 aliphatic rings. The third-order valence-corrected chi connectivity index (χ3v) is 6.50. The molecule has 2 amide bonds. The van der Waals surface area contributed by atoms with Gasteiger partial charge >= 0.3 is 6.18 Å². The van der Waals surface area contributed by atoms with Gasteiger partial charge in [0, 0.05) is 18.4 Å². The first-order chi connectivity index (χ1) is 16.2. The number of nitrogens with one attached hydrogen (secondary N) is 1. The fraction of sp³-hybridized carbons (Fsp3) is 0.571. The van der Waals surface area contributed by atoms with Crippen molar-refractivity contribution < 1.29 is 40.3 Å². The normalized spacial score (nSPS) is 20.1. The molecule has 192 valence electrons. The highest BCUT2D eigenvalue weighted by atomic mass is 35.5. The van der Waals surface area contributed by atoms with E-state index in [0.29, 0.717) is 0 Å². The van der Waals surface area contributed by atoms with Gasteiger partial charge in [0.25, 0.3) is 11.8 Å². The molecule has 0 unspecified atom stereocenters.